The molecule has 1 aromatic rings. The lowest BCUT2D eigenvalue weighted by atomic mass is 10.0. The van der Waals surface area contributed by atoms with Gasteiger partial charge in [0.25, 0.3) is 0 Å². The summed E-state index contributed by atoms with van der Waals surface area (Å²) in [5.41, 5.74) is 12.1. The van der Waals surface area contributed by atoms with Crippen molar-refractivity contribution in [2.24, 2.45) is 22.5 Å². The van der Waals surface area contributed by atoms with Crippen molar-refractivity contribution in [1.29, 1.82) is 0 Å². The van der Waals surface area contributed by atoms with Gasteiger partial charge in [0.15, 0.2) is 5.84 Å². The molecule has 0 aliphatic heterocycles. The minimum Gasteiger partial charge on any atom is -0.409 e. The smallest absolute Gasteiger partial charge is 0.234 e. The van der Waals surface area contributed by atoms with E-state index in [0.717, 1.165) is 5.56 Å². The van der Waals surface area contributed by atoms with Crippen LogP contribution in [-0.2, 0) is 11.3 Å². The van der Waals surface area contributed by atoms with Crippen LogP contribution in [0.2, 0.25) is 5.02 Å². The van der Waals surface area contributed by atoms with Gasteiger partial charge in [0.2, 0.25) is 5.91 Å². The van der Waals surface area contributed by atoms with Gasteiger partial charge in [-0.15, -0.1) is 0 Å². The average molecular weight is 299 g/mol. The summed E-state index contributed by atoms with van der Waals surface area (Å²) >= 11 is 6.12. The van der Waals surface area contributed by atoms with Crippen molar-refractivity contribution in [2.45, 2.75) is 26.4 Å². The molecule has 1 amide bonds. The molecule has 1 unspecified atom stereocenters. The quantitative estimate of drug-likeness (QED) is 0.272. The van der Waals surface area contributed by atoms with Crippen LogP contribution in [0.4, 0.5) is 0 Å². The Morgan fingerprint density at radius 3 is 2.55 bits per heavy atom. The summed E-state index contributed by atoms with van der Waals surface area (Å²) in [7, 11) is 0. The second-order valence-corrected chi connectivity index (χ2v) is 5.20. The number of nitrogens with one attached hydrogen (secondary N) is 1. The molecule has 6 nitrogen and oxygen atoms in total. The Morgan fingerprint density at radius 1 is 1.45 bits per heavy atom. The van der Waals surface area contributed by atoms with Gasteiger partial charge in [0.1, 0.15) is 0 Å². The molecule has 0 radical (unpaired) electrons. The molecule has 0 saturated heterocycles. The summed E-state index contributed by atoms with van der Waals surface area (Å²) in [6.45, 7) is 4.22. The third-order valence-electron chi connectivity index (χ3n) is 2.94. The van der Waals surface area contributed by atoms with Crippen molar-refractivity contribution in [3.63, 3.8) is 0 Å². The van der Waals surface area contributed by atoms with Crippen LogP contribution in [0.25, 0.3) is 0 Å². The Bertz CT molecular complexity index is 517. The fraction of sp³-hybridized carbons (Fsp3) is 0.385. The van der Waals surface area contributed by atoms with E-state index in [1.807, 2.05) is 13.8 Å². The predicted molar refractivity (Wildman–Crippen MR) is 78.6 cm³/mol. The molecule has 0 aliphatic rings. The van der Waals surface area contributed by atoms with Crippen molar-refractivity contribution >= 4 is 23.3 Å². The van der Waals surface area contributed by atoms with Crippen LogP contribution in [-0.4, -0.2) is 23.0 Å². The highest BCUT2D eigenvalue weighted by Crippen LogP contribution is 2.18. The summed E-state index contributed by atoms with van der Waals surface area (Å²) in [5.74, 6) is -0.323. The largest absolute Gasteiger partial charge is 0.409 e. The number of benzene rings is 1. The number of hydrogen-bond donors (Lipinski definition) is 4. The molecule has 0 bridgehead atoms. The third-order valence-corrected chi connectivity index (χ3v) is 3.29. The van der Waals surface area contributed by atoms with Gasteiger partial charge in [0, 0.05) is 17.1 Å². The average Bonchev–Trinajstić information content (AvgIpc) is 2.38. The Balaban J connectivity index is 2.81. The molecular weight excluding hydrogens is 280 g/mol. The van der Waals surface area contributed by atoms with E-state index in [1.165, 1.54) is 0 Å². The number of primary amides is 1. The lowest BCUT2D eigenvalue weighted by Gasteiger charge is -2.19. The van der Waals surface area contributed by atoms with Gasteiger partial charge >= 0.3 is 0 Å². The second kappa shape index (κ2) is 7.12. The summed E-state index contributed by atoms with van der Waals surface area (Å²) < 4.78 is 0. The van der Waals surface area contributed by atoms with Crippen LogP contribution in [0.5, 0.6) is 0 Å². The summed E-state index contributed by atoms with van der Waals surface area (Å²) in [4.78, 5) is 11.3. The highest BCUT2D eigenvalue weighted by atomic mass is 35.5. The van der Waals surface area contributed by atoms with E-state index in [2.05, 4.69) is 10.5 Å². The molecule has 0 spiro atoms. The number of hydrogen-bond acceptors (Lipinski definition) is 4. The van der Waals surface area contributed by atoms with Gasteiger partial charge in [0.05, 0.1) is 6.04 Å². The van der Waals surface area contributed by atoms with E-state index in [4.69, 9.17) is 28.3 Å². The van der Waals surface area contributed by atoms with Gasteiger partial charge < -0.3 is 22.0 Å². The molecule has 20 heavy (non-hydrogen) atoms. The number of carbonyl (C=O) groups excluding carboxylic acids is 1. The van der Waals surface area contributed by atoms with Gasteiger partial charge in [-0.05, 0) is 17.5 Å². The monoisotopic (exact) mass is 298 g/mol. The lowest BCUT2D eigenvalue weighted by molar-refractivity contribution is -0.121. The lowest BCUT2D eigenvalue weighted by Crippen LogP contribution is -2.44. The molecule has 0 saturated carbocycles. The maximum absolute atomic E-state index is 11.3. The molecule has 110 valence electrons. The highest BCUT2D eigenvalue weighted by molar-refractivity contribution is 6.31. The minimum atomic E-state index is -0.421. The van der Waals surface area contributed by atoms with Crippen LogP contribution in [0.1, 0.15) is 25.0 Å². The molecular formula is C13H19ClN4O2. The number of amides is 1. The number of nitrogens with zero attached hydrogens (tertiary/aromatic N) is 1. The van der Waals surface area contributed by atoms with Crippen LogP contribution in [0.3, 0.4) is 0 Å². The van der Waals surface area contributed by atoms with E-state index in [0.29, 0.717) is 17.1 Å². The minimum absolute atomic E-state index is 0.0106. The van der Waals surface area contributed by atoms with Crippen molar-refractivity contribution in [1.82, 2.24) is 5.32 Å². The van der Waals surface area contributed by atoms with Gasteiger partial charge in [-0.25, -0.2) is 0 Å². The van der Waals surface area contributed by atoms with E-state index in [9.17, 15) is 4.79 Å². The number of oxime groups is 1. The topological polar surface area (TPSA) is 114 Å². The van der Waals surface area contributed by atoms with Crippen LogP contribution in [0, 0.1) is 5.92 Å². The van der Waals surface area contributed by atoms with E-state index in [-0.39, 0.29) is 11.8 Å². The second-order valence-electron chi connectivity index (χ2n) is 4.80. The Kier molecular flexibility index (Phi) is 5.79. The number of nitrogens with two attached hydrogens (primary N) is 2. The van der Waals surface area contributed by atoms with Gasteiger partial charge in [-0.2, -0.15) is 0 Å². The molecule has 6 N–H and O–H groups in total. The first-order valence-corrected chi connectivity index (χ1v) is 6.53. The van der Waals surface area contributed by atoms with Crippen LogP contribution in [0.15, 0.2) is 23.4 Å². The Hall–Kier alpha value is -1.79. The SMILES string of the molecule is CC(C)C(NCc1ccc(/C(N)=N/O)cc1Cl)C(N)=O. The zero-order chi connectivity index (χ0) is 15.3. The number of halogens is 1. The molecule has 0 heterocycles. The molecule has 7 heteroatoms. The standard InChI is InChI=1S/C13H19ClN4O2/c1-7(2)11(13(16)19)17-6-9-4-3-8(5-10(9)14)12(15)18-20/h3-5,7,11,17,20H,6H2,1-2H3,(H2,15,18)(H2,16,19). The van der Waals surface area contributed by atoms with Gasteiger partial charge in [-0.3, -0.25) is 4.79 Å². The normalized spacial score (nSPS) is 13.5. The molecule has 1 aromatic carbocycles. The first kappa shape index (κ1) is 16.3. The van der Waals surface area contributed by atoms with Gasteiger partial charge in [-0.1, -0.05) is 42.7 Å². The van der Waals surface area contributed by atoms with E-state index in [1.54, 1.807) is 18.2 Å². The number of amidine groups is 1. The van der Waals surface area contributed by atoms with E-state index < -0.39 is 11.9 Å². The molecule has 1 atom stereocenters. The maximum Gasteiger partial charge on any atom is 0.234 e. The first-order valence-electron chi connectivity index (χ1n) is 6.15. The zero-order valence-corrected chi connectivity index (χ0v) is 12.2. The molecule has 0 aromatic heterocycles. The Morgan fingerprint density at radius 2 is 2.10 bits per heavy atom. The Labute approximate surface area is 122 Å². The van der Waals surface area contributed by atoms with E-state index >= 15 is 0 Å². The molecule has 1 rings (SSSR count). The summed E-state index contributed by atoms with van der Waals surface area (Å²) in [6, 6.07) is 4.62. The fourth-order valence-corrected chi connectivity index (χ4v) is 2.04. The predicted octanol–water partition coefficient (Wildman–Crippen LogP) is 1.03. The van der Waals surface area contributed by atoms with Crippen molar-refractivity contribution in [3.8, 4) is 0 Å². The van der Waals surface area contributed by atoms with Crippen molar-refractivity contribution < 1.29 is 10.0 Å². The summed E-state index contributed by atoms with van der Waals surface area (Å²) in [6.07, 6.45) is 0. The first-order chi connectivity index (χ1) is 9.36. The van der Waals surface area contributed by atoms with Crippen LogP contribution < -0.4 is 16.8 Å². The molecule has 0 fully saturated rings. The van der Waals surface area contributed by atoms with Crippen molar-refractivity contribution in [2.75, 3.05) is 0 Å². The highest BCUT2D eigenvalue weighted by Gasteiger charge is 2.18. The molecule has 0 aliphatic carbocycles. The van der Waals surface area contributed by atoms with Crippen molar-refractivity contribution in [3.05, 3.63) is 34.3 Å². The number of rotatable bonds is 6. The summed E-state index contributed by atoms with van der Waals surface area (Å²) in [5, 5.41) is 15.0. The third kappa shape index (κ3) is 4.11. The fourth-order valence-electron chi connectivity index (χ4n) is 1.79. The maximum atomic E-state index is 11.3. The van der Waals surface area contributed by atoms with Crippen LogP contribution >= 0.6 is 11.6 Å². The number of carbonyl (C=O) groups is 1. The zero-order valence-electron chi connectivity index (χ0n) is 11.4.